The lowest BCUT2D eigenvalue weighted by atomic mass is 9.89. The summed E-state index contributed by atoms with van der Waals surface area (Å²) in [5, 5.41) is 9.86. The zero-order chi connectivity index (χ0) is 36.2. The van der Waals surface area contributed by atoms with E-state index in [1.165, 1.54) is 11.1 Å². The van der Waals surface area contributed by atoms with Gasteiger partial charge in [0.2, 0.25) is 0 Å². The molecule has 0 bridgehead atoms. The Hall–Kier alpha value is -4.76. The van der Waals surface area contributed by atoms with Crippen molar-refractivity contribution in [3.63, 3.8) is 0 Å². The van der Waals surface area contributed by atoms with E-state index in [-0.39, 0.29) is 23.1 Å². The molecule has 2 aromatic heterocycles. The number of aromatic nitrogens is 2. The van der Waals surface area contributed by atoms with Crippen molar-refractivity contribution in [1.29, 1.82) is 5.26 Å². The standard InChI is InChI=1S/C40H43BrN6O4/c1-26-18-31(23-44(3)39(26)48)29-20-36(50-4)35(37(21-29)51-5)25-46-16-14-45(15-17-46)24-28-8-6-10-33-27(2)47(13-12-34(28)33)40(49)30(22-42)19-32-9-7-11-38(41)43-32/h6-11,18-21,23,27H,12-17,24-25H2,1-5H3/b30-19+. The lowest BCUT2D eigenvalue weighted by Crippen LogP contribution is -2.45. The number of pyridine rings is 2. The van der Waals surface area contributed by atoms with Crippen LogP contribution >= 0.6 is 15.9 Å². The lowest BCUT2D eigenvalue weighted by molar-refractivity contribution is -0.129. The summed E-state index contributed by atoms with van der Waals surface area (Å²) in [6, 6.07) is 19.7. The van der Waals surface area contributed by atoms with Crippen LogP contribution in [0.5, 0.6) is 11.5 Å². The molecule has 0 N–H and O–H groups in total. The molecular weight excluding hydrogens is 708 g/mol. The van der Waals surface area contributed by atoms with Crippen LogP contribution in [0.3, 0.4) is 0 Å². The SMILES string of the molecule is COc1cc(-c2cc(C)c(=O)n(C)c2)cc(OC)c1CN1CCN(Cc2cccc3c2CCN(C(=O)/C(C#N)=C/c2cccc(Br)n2)C3C)CC1. The van der Waals surface area contributed by atoms with Crippen LogP contribution in [0.2, 0.25) is 0 Å². The summed E-state index contributed by atoms with van der Waals surface area (Å²) in [4.78, 5) is 36.9. The molecule has 4 heterocycles. The normalized spacial score (nSPS) is 16.8. The molecule has 4 aromatic rings. The van der Waals surface area contributed by atoms with Gasteiger partial charge in [-0.3, -0.25) is 19.4 Å². The highest BCUT2D eigenvalue weighted by Crippen LogP contribution is 2.37. The number of halogens is 1. The van der Waals surface area contributed by atoms with E-state index in [0.717, 1.165) is 72.9 Å². The zero-order valence-corrected chi connectivity index (χ0v) is 31.4. The molecule has 0 aliphatic carbocycles. The van der Waals surface area contributed by atoms with Crippen LogP contribution in [-0.2, 0) is 31.4 Å². The fourth-order valence-electron chi connectivity index (χ4n) is 7.23. The van der Waals surface area contributed by atoms with Gasteiger partial charge in [0.15, 0.2) is 0 Å². The minimum atomic E-state index is -0.274. The first-order valence-corrected chi connectivity index (χ1v) is 17.9. The monoisotopic (exact) mass is 750 g/mol. The van der Waals surface area contributed by atoms with Crippen molar-refractivity contribution in [1.82, 2.24) is 24.3 Å². The number of carbonyl (C=O) groups is 1. The molecule has 2 aliphatic heterocycles. The Balaban J connectivity index is 1.11. The number of nitriles is 1. The van der Waals surface area contributed by atoms with Crippen molar-refractivity contribution in [2.45, 2.75) is 39.4 Å². The molecule has 0 saturated carbocycles. The van der Waals surface area contributed by atoms with E-state index in [2.05, 4.69) is 55.0 Å². The minimum absolute atomic E-state index is 0.0109. The molecule has 6 rings (SSSR count). The first kappa shape index (κ1) is 36.0. The van der Waals surface area contributed by atoms with Gasteiger partial charge in [0.1, 0.15) is 27.7 Å². The predicted octanol–water partition coefficient (Wildman–Crippen LogP) is 5.91. The van der Waals surface area contributed by atoms with Crippen LogP contribution in [0, 0.1) is 18.3 Å². The molecular formula is C40H43BrN6O4. The smallest absolute Gasteiger partial charge is 0.265 e. The fraction of sp³-hybridized carbons (Fsp3) is 0.350. The number of piperazine rings is 1. The number of nitrogens with zero attached hydrogens (tertiary/aromatic N) is 6. The van der Waals surface area contributed by atoms with Gasteiger partial charge in [-0.25, -0.2) is 4.98 Å². The molecule has 264 valence electrons. The zero-order valence-electron chi connectivity index (χ0n) is 29.8. The summed E-state index contributed by atoms with van der Waals surface area (Å²) >= 11 is 3.36. The maximum atomic E-state index is 13.6. The number of rotatable bonds is 9. The Kier molecular flexibility index (Phi) is 11.1. The quantitative estimate of drug-likeness (QED) is 0.118. The molecule has 11 heteroatoms. The molecule has 2 aliphatic rings. The highest BCUT2D eigenvalue weighted by atomic mass is 79.9. The van der Waals surface area contributed by atoms with E-state index in [9.17, 15) is 14.9 Å². The second-order valence-electron chi connectivity index (χ2n) is 13.2. The third-order valence-corrected chi connectivity index (χ3v) is 10.5. The van der Waals surface area contributed by atoms with Crippen molar-refractivity contribution >= 4 is 27.9 Å². The Bertz CT molecular complexity index is 2030. The lowest BCUT2D eigenvalue weighted by Gasteiger charge is -2.38. The van der Waals surface area contributed by atoms with Gasteiger partial charge < -0.3 is 18.9 Å². The summed E-state index contributed by atoms with van der Waals surface area (Å²) in [5.74, 6) is 1.25. The van der Waals surface area contributed by atoms with Crippen molar-refractivity contribution < 1.29 is 14.3 Å². The van der Waals surface area contributed by atoms with Gasteiger partial charge in [-0.15, -0.1) is 0 Å². The predicted molar refractivity (Wildman–Crippen MR) is 201 cm³/mol. The number of hydrogen-bond donors (Lipinski definition) is 0. The van der Waals surface area contributed by atoms with Crippen LogP contribution in [-0.4, -0.2) is 77.1 Å². The summed E-state index contributed by atoms with van der Waals surface area (Å²) in [6.07, 6.45) is 4.14. The van der Waals surface area contributed by atoms with Crippen LogP contribution in [0.25, 0.3) is 17.2 Å². The molecule has 0 spiro atoms. The van der Waals surface area contributed by atoms with Gasteiger partial charge >= 0.3 is 0 Å². The average Bonchev–Trinajstić information content (AvgIpc) is 3.13. The second kappa shape index (κ2) is 15.6. The van der Waals surface area contributed by atoms with Crippen LogP contribution < -0.4 is 15.0 Å². The van der Waals surface area contributed by atoms with E-state index < -0.39 is 0 Å². The molecule has 1 atom stereocenters. The Morgan fingerprint density at radius 3 is 2.27 bits per heavy atom. The van der Waals surface area contributed by atoms with E-state index >= 15 is 0 Å². The number of methoxy groups -OCH3 is 2. The number of aryl methyl sites for hydroxylation is 2. The van der Waals surface area contributed by atoms with Crippen molar-refractivity contribution in [3.8, 4) is 28.7 Å². The number of carbonyl (C=O) groups excluding carboxylic acids is 1. The molecule has 1 unspecified atom stereocenters. The Morgan fingerprint density at radius 2 is 1.65 bits per heavy atom. The van der Waals surface area contributed by atoms with Crippen molar-refractivity contribution in [3.05, 3.63) is 115 Å². The maximum Gasteiger partial charge on any atom is 0.265 e. The van der Waals surface area contributed by atoms with E-state index in [0.29, 0.717) is 29.0 Å². The van der Waals surface area contributed by atoms with Crippen molar-refractivity contribution in [2.75, 3.05) is 46.9 Å². The summed E-state index contributed by atoms with van der Waals surface area (Å²) < 4.78 is 14.0. The summed E-state index contributed by atoms with van der Waals surface area (Å²) in [7, 11) is 5.13. The van der Waals surface area contributed by atoms with E-state index in [1.807, 2.05) is 44.3 Å². The molecule has 0 radical (unpaired) electrons. The topological polar surface area (TPSA) is 104 Å². The molecule has 2 aromatic carbocycles. The molecule has 1 fully saturated rings. The molecule has 1 saturated heterocycles. The molecule has 51 heavy (non-hydrogen) atoms. The highest BCUT2D eigenvalue weighted by molar-refractivity contribution is 9.10. The second-order valence-corrected chi connectivity index (χ2v) is 14.0. The van der Waals surface area contributed by atoms with Crippen LogP contribution in [0.4, 0.5) is 0 Å². The Labute approximate surface area is 307 Å². The van der Waals surface area contributed by atoms with E-state index in [4.69, 9.17) is 9.47 Å². The third-order valence-electron chi connectivity index (χ3n) is 10.0. The van der Waals surface area contributed by atoms with Gasteiger partial charge in [-0.2, -0.15) is 5.26 Å². The fourth-order valence-corrected chi connectivity index (χ4v) is 7.59. The van der Waals surface area contributed by atoms with Gasteiger partial charge in [0, 0.05) is 64.6 Å². The van der Waals surface area contributed by atoms with Crippen LogP contribution in [0.1, 0.15) is 46.5 Å². The first-order chi connectivity index (χ1) is 24.6. The van der Waals surface area contributed by atoms with Gasteiger partial charge in [0.25, 0.3) is 11.5 Å². The Morgan fingerprint density at radius 1 is 0.980 bits per heavy atom. The average molecular weight is 752 g/mol. The molecule has 1 amide bonds. The number of amides is 1. The number of fused-ring (bicyclic) bond motifs is 1. The maximum absolute atomic E-state index is 13.6. The third kappa shape index (κ3) is 7.78. The van der Waals surface area contributed by atoms with E-state index in [1.54, 1.807) is 48.9 Å². The van der Waals surface area contributed by atoms with Gasteiger partial charge in [-0.1, -0.05) is 24.3 Å². The number of benzene rings is 2. The largest absolute Gasteiger partial charge is 0.496 e. The minimum Gasteiger partial charge on any atom is -0.496 e. The molecule has 10 nitrogen and oxygen atoms in total. The van der Waals surface area contributed by atoms with Gasteiger partial charge in [0.05, 0.1) is 31.5 Å². The number of hydrogen-bond acceptors (Lipinski definition) is 8. The van der Waals surface area contributed by atoms with Crippen LogP contribution in [0.15, 0.2) is 75.8 Å². The highest BCUT2D eigenvalue weighted by Gasteiger charge is 2.31. The first-order valence-electron chi connectivity index (χ1n) is 17.1. The number of ether oxygens (including phenoxy) is 2. The van der Waals surface area contributed by atoms with Crippen molar-refractivity contribution in [2.24, 2.45) is 7.05 Å². The summed E-state index contributed by atoms with van der Waals surface area (Å²) in [5.41, 5.74) is 7.92. The van der Waals surface area contributed by atoms with Gasteiger partial charge in [-0.05, 0) is 100 Å². The summed E-state index contributed by atoms with van der Waals surface area (Å²) in [6.45, 7) is 9.61.